The fourth-order valence-electron chi connectivity index (χ4n) is 1.50. The van der Waals surface area contributed by atoms with Crippen molar-refractivity contribution in [2.45, 2.75) is 31.6 Å². The minimum Gasteiger partial charge on any atom is -0.256 e. The average molecular weight is 174 g/mol. The highest BCUT2D eigenvalue weighted by Crippen LogP contribution is 2.26. The second-order valence-corrected chi connectivity index (χ2v) is 4.28. The smallest absolute Gasteiger partial charge is 0.0616 e. The first kappa shape index (κ1) is 8.84. The van der Waals surface area contributed by atoms with Crippen molar-refractivity contribution in [2.75, 3.05) is 12.3 Å². The van der Waals surface area contributed by atoms with Crippen LogP contribution in [-0.2, 0) is 0 Å². The Labute approximate surface area is 71.5 Å². The lowest BCUT2D eigenvalue weighted by atomic mass is 10.1. The van der Waals surface area contributed by atoms with Crippen LogP contribution in [0.4, 0.5) is 0 Å². The highest BCUT2D eigenvalue weighted by molar-refractivity contribution is 8.00. The summed E-state index contributed by atoms with van der Waals surface area (Å²) in [5.41, 5.74) is 0. The van der Waals surface area contributed by atoms with E-state index in [-0.39, 0.29) is 0 Å². The second-order valence-electron chi connectivity index (χ2n) is 2.80. The van der Waals surface area contributed by atoms with E-state index in [4.69, 9.17) is 0 Å². The molecule has 1 aliphatic rings. The zero-order valence-electron chi connectivity index (χ0n) is 6.99. The van der Waals surface area contributed by atoms with Crippen molar-refractivity contribution >= 4 is 11.8 Å². The zero-order chi connectivity index (χ0) is 8.27. The monoisotopic (exact) mass is 174 g/mol. The van der Waals surface area contributed by atoms with Crippen molar-refractivity contribution in [1.29, 1.82) is 0 Å². The van der Waals surface area contributed by atoms with Crippen molar-refractivity contribution in [3.63, 3.8) is 0 Å². The van der Waals surface area contributed by atoms with E-state index in [1.165, 1.54) is 0 Å². The van der Waals surface area contributed by atoms with Gasteiger partial charge in [-0.3, -0.25) is 5.01 Å². The molecule has 2 unspecified atom stereocenters. The largest absolute Gasteiger partial charge is 0.256 e. The summed E-state index contributed by atoms with van der Waals surface area (Å²) in [7, 11) is 0. The highest BCUT2D eigenvalue weighted by Gasteiger charge is 2.27. The Morgan fingerprint density at radius 3 is 2.91 bits per heavy atom. The van der Waals surface area contributed by atoms with Crippen molar-refractivity contribution in [2.24, 2.45) is 5.29 Å². The van der Waals surface area contributed by atoms with E-state index < -0.39 is 0 Å². The van der Waals surface area contributed by atoms with E-state index in [0.29, 0.717) is 11.3 Å². The number of nitroso groups, excluding NO2 is 1. The molecule has 1 aliphatic heterocycles. The SMILES string of the molecule is CCC1C(C)SCCN1N=O. The van der Waals surface area contributed by atoms with Crippen LogP contribution in [0.3, 0.4) is 0 Å². The predicted octanol–water partition coefficient (Wildman–Crippen LogP) is 1.88. The van der Waals surface area contributed by atoms with Gasteiger partial charge >= 0.3 is 0 Å². The Bertz CT molecular complexity index is 142. The van der Waals surface area contributed by atoms with Crippen molar-refractivity contribution in [3.8, 4) is 0 Å². The molecule has 1 heterocycles. The van der Waals surface area contributed by atoms with Gasteiger partial charge in [-0.25, -0.2) is 0 Å². The van der Waals surface area contributed by atoms with Gasteiger partial charge in [0.1, 0.15) is 0 Å². The predicted molar refractivity (Wildman–Crippen MR) is 48.5 cm³/mol. The van der Waals surface area contributed by atoms with Crippen LogP contribution in [0.15, 0.2) is 5.29 Å². The number of nitrogens with zero attached hydrogens (tertiary/aromatic N) is 2. The third-order valence-electron chi connectivity index (χ3n) is 2.15. The molecule has 64 valence electrons. The fourth-order valence-corrected chi connectivity index (χ4v) is 2.71. The Morgan fingerprint density at radius 1 is 1.73 bits per heavy atom. The van der Waals surface area contributed by atoms with E-state index >= 15 is 0 Å². The molecule has 0 aromatic rings. The summed E-state index contributed by atoms with van der Waals surface area (Å²) in [4.78, 5) is 10.3. The summed E-state index contributed by atoms with van der Waals surface area (Å²) in [6, 6.07) is 0.353. The van der Waals surface area contributed by atoms with Gasteiger partial charge < -0.3 is 0 Å². The molecule has 1 fully saturated rings. The van der Waals surface area contributed by atoms with Gasteiger partial charge in [0, 0.05) is 17.5 Å². The molecule has 0 amide bonds. The summed E-state index contributed by atoms with van der Waals surface area (Å²) in [6.45, 7) is 5.08. The normalized spacial score (nSPS) is 32.0. The van der Waals surface area contributed by atoms with Crippen LogP contribution in [0.2, 0.25) is 0 Å². The molecule has 0 bridgehead atoms. The van der Waals surface area contributed by atoms with Crippen LogP contribution in [-0.4, -0.2) is 28.6 Å². The molecule has 0 aromatic heterocycles. The van der Waals surface area contributed by atoms with Crippen LogP contribution < -0.4 is 0 Å². The van der Waals surface area contributed by atoms with Gasteiger partial charge in [0.25, 0.3) is 0 Å². The van der Waals surface area contributed by atoms with Crippen molar-refractivity contribution < 1.29 is 0 Å². The van der Waals surface area contributed by atoms with Crippen LogP contribution in [0.5, 0.6) is 0 Å². The van der Waals surface area contributed by atoms with E-state index in [9.17, 15) is 4.91 Å². The maximum absolute atomic E-state index is 10.3. The summed E-state index contributed by atoms with van der Waals surface area (Å²) < 4.78 is 0. The topological polar surface area (TPSA) is 32.7 Å². The van der Waals surface area contributed by atoms with Gasteiger partial charge in [-0.1, -0.05) is 13.8 Å². The van der Waals surface area contributed by atoms with Gasteiger partial charge in [-0.15, -0.1) is 4.91 Å². The molecule has 0 radical (unpaired) electrons. The lowest BCUT2D eigenvalue weighted by Crippen LogP contribution is -2.42. The van der Waals surface area contributed by atoms with Gasteiger partial charge in [0.2, 0.25) is 0 Å². The molecule has 0 spiro atoms. The Hall–Kier alpha value is -0.250. The Morgan fingerprint density at radius 2 is 2.45 bits per heavy atom. The highest BCUT2D eigenvalue weighted by atomic mass is 32.2. The minimum atomic E-state index is 0.353. The first-order chi connectivity index (χ1) is 5.29. The molecule has 0 saturated carbocycles. The maximum atomic E-state index is 10.3. The standard InChI is InChI=1S/C7H14N2OS/c1-3-7-6(2)11-5-4-9(7)8-10/h6-7H,3-5H2,1-2H3. The van der Waals surface area contributed by atoms with E-state index in [1.54, 1.807) is 5.01 Å². The third kappa shape index (κ3) is 1.86. The molecule has 2 atom stereocenters. The number of hydrogen-bond donors (Lipinski definition) is 0. The van der Waals surface area contributed by atoms with E-state index in [2.05, 4.69) is 19.1 Å². The van der Waals surface area contributed by atoms with Crippen molar-refractivity contribution in [3.05, 3.63) is 4.91 Å². The summed E-state index contributed by atoms with van der Waals surface area (Å²) in [6.07, 6.45) is 1.01. The van der Waals surface area contributed by atoms with Gasteiger partial charge in [-0.2, -0.15) is 11.8 Å². The van der Waals surface area contributed by atoms with E-state index in [0.717, 1.165) is 18.7 Å². The van der Waals surface area contributed by atoms with Gasteiger partial charge in [0.15, 0.2) is 0 Å². The third-order valence-corrected chi connectivity index (χ3v) is 3.41. The van der Waals surface area contributed by atoms with Crippen LogP contribution >= 0.6 is 11.8 Å². The molecule has 0 aromatic carbocycles. The summed E-state index contributed by atoms with van der Waals surface area (Å²) >= 11 is 1.93. The van der Waals surface area contributed by atoms with Crippen molar-refractivity contribution in [1.82, 2.24) is 5.01 Å². The minimum absolute atomic E-state index is 0.353. The lowest BCUT2D eigenvalue weighted by molar-refractivity contribution is 0.199. The molecule has 1 rings (SSSR count). The molecule has 0 N–H and O–H groups in total. The zero-order valence-corrected chi connectivity index (χ0v) is 7.80. The molecule has 11 heavy (non-hydrogen) atoms. The Kier molecular flexibility index (Phi) is 3.17. The van der Waals surface area contributed by atoms with Crippen LogP contribution in [0.1, 0.15) is 20.3 Å². The van der Waals surface area contributed by atoms with Gasteiger partial charge in [0.05, 0.1) is 11.3 Å². The quantitative estimate of drug-likeness (QED) is 0.599. The van der Waals surface area contributed by atoms with Gasteiger partial charge in [-0.05, 0) is 6.42 Å². The number of hydrogen-bond acceptors (Lipinski definition) is 3. The molecule has 3 nitrogen and oxygen atoms in total. The molecule has 4 heteroatoms. The average Bonchev–Trinajstić information content (AvgIpc) is 2.04. The number of thioether (sulfide) groups is 1. The first-order valence-corrected chi connectivity index (χ1v) is 5.06. The molecule has 1 saturated heterocycles. The Balaban J connectivity index is 2.55. The fraction of sp³-hybridized carbons (Fsp3) is 1.00. The molecule has 0 aliphatic carbocycles. The maximum Gasteiger partial charge on any atom is 0.0616 e. The summed E-state index contributed by atoms with van der Waals surface area (Å²) in [5, 5.41) is 5.25. The summed E-state index contributed by atoms with van der Waals surface area (Å²) in [5.74, 6) is 1.03. The molecular formula is C7H14N2OS. The second kappa shape index (κ2) is 3.95. The van der Waals surface area contributed by atoms with Crippen LogP contribution in [0.25, 0.3) is 0 Å². The van der Waals surface area contributed by atoms with Crippen LogP contribution in [0, 0.1) is 4.91 Å². The van der Waals surface area contributed by atoms with E-state index in [1.807, 2.05) is 11.8 Å². The first-order valence-electron chi connectivity index (χ1n) is 4.01. The molecular weight excluding hydrogens is 160 g/mol. The lowest BCUT2D eigenvalue weighted by Gasteiger charge is -2.34. The number of rotatable bonds is 2.